The van der Waals surface area contributed by atoms with Crippen LogP contribution in [-0.4, -0.2) is 40.8 Å². The average Bonchev–Trinajstić information content (AvgIpc) is 2.45. The van der Waals surface area contributed by atoms with Gasteiger partial charge in [-0.1, -0.05) is 13.0 Å². The molecule has 2 rings (SSSR count). The Morgan fingerprint density at radius 1 is 1.35 bits per heavy atom. The van der Waals surface area contributed by atoms with Crippen LogP contribution >= 0.6 is 0 Å². The lowest BCUT2D eigenvalue weighted by Crippen LogP contribution is -2.47. The Balaban J connectivity index is 2.23. The van der Waals surface area contributed by atoms with Crippen LogP contribution in [-0.2, 0) is 0 Å². The van der Waals surface area contributed by atoms with Crippen molar-refractivity contribution in [1.82, 2.24) is 10.2 Å². The maximum absolute atomic E-state index is 10.1. The Morgan fingerprint density at radius 3 is 2.60 bits per heavy atom. The van der Waals surface area contributed by atoms with Crippen molar-refractivity contribution in [3.8, 4) is 11.5 Å². The Bertz CT molecular complexity index is 410. The highest BCUT2D eigenvalue weighted by Crippen LogP contribution is 2.37. The van der Waals surface area contributed by atoms with Crippen LogP contribution in [0.15, 0.2) is 18.2 Å². The highest BCUT2D eigenvalue weighted by atomic mass is 16.3. The highest BCUT2D eigenvalue weighted by Gasteiger charge is 2.28. The molecule has 0 spiro atoms. The van der Waals surface area contributed by atoms with Crippen LogP contribution < -0.4 is 5.32 Å². The number of nitrogens with zero attached hydrogens (tertiary/aromatic N) is 1. The number of phenolic OH excluding ortho intramolecular Hbond substituents is 2. The van der Waals surface area contributed by atoms with Crippen molar-refractivity contribution >= 4 is 0 Å². The maximum Gasteiger partial charge on any atom is 0.124 e. The molecule has 3 N–H and O–H groups in total. The average molecular weight is 278 g/mol. The van der Waals surface area contributed by atoms with Gasteiger partial charge < -0.3 is 15.5 Å². The van der Waals surface area contributed by atoms with Crippen LogP contribution in [0, 0.1) is 0 Å². The van der Waals surface area contributed by atoms with E-state index in [-0.39, 0.29) is 17.5 Å². The Kier molecular flexibility index (Phi) is 5.26. The Labute approximate surface area is 121 Å². The number of aromatic hydroxyl groups is 2. The first-order valence-corrected chi connectivity index (χ1v) is 7.62. The van der Waals surface area contributed by atoms with E-state index in [1.54, 1.807) is 18.2 Å². The van der Waals surface area contributed by atoms with Crippen LogP contribution in [0.4, 0.5) is 0 Å². The fraction of sp³-hybridized carbons (Fsp3) is 0.625. The molecule has 1 saturated heterocycles. The highest BCUT2D eigenvalue weighted by molar-refractivity contribution is 5.45. The van der Waals surface area contributed by atoms with Crippen LogP contribution in [0.1, 0.15) is 44.7 Å². The molecule has 4 nitrogen and oxygen atoms in total. The second kappa shape index (κ2) is 6.95. The van der Waals surface area contributed by atoms with Crippen molar-refractivity contribution in [2.24, 2.45) is 0 Å². The summed E-state index contributed by atoms with van der Waals surface area (Å²) in [7, 11) is 0. The minimum Gasteiger partial charge on any atom is -0.507 e. The summed E-state index contributed by atoms with van der Waals surface area (Å²) in [4.78, 5) is 2.40. The van der Waals surface area contributed by atoms with E-state index >= 15 is 0 Å². The molecule has 112 valence electrons. The normalized spacial score (nSPS) is 21.1. The van der Waals surface area contributed by atoms with Gasteiger partial charge in [-0.25, -0.2) is 0 Å². The first-order chi connectivity index (χ1) is 9.65. The molecule has 4 heteroatoms. The summed E-state index contributed by atoms with van der Waals surface area (Å²) >= 11 is 0. The lowest BCUT2D eigenvalue weighted by Gasteiger charge is -2.39. The molecule has 0 amide bonds. The number of hydrogen-bond donors (Lipinski definition) is 3. The zero-order valence-electron chi connectivity index (χ0n) is 12.5. The minimum absolute atomic E-state index is 0.0149. The molecule has 0 saturated carbocycles. The van der Waals surface area contributed by atoms with Gasteiger partial charge in [-0.05, 0) is 51.4 Å². The fourth-order valence-electron chi connectivity index (χ4n) is 3.20. The van der Waals surface area contributed by atoms with Gasteiger partial charge in [0, 0.05) is 18.6 Å². The molecule has 20 heavy (non-hydrogen) atoms. The summed E-state index contributed by atoms with van der Waals surface area (Å²) in [5.41, 5.74) is 0.645. The van der Waals surface area contributed by atoms with Crippen LogP contribution in [0.3, 0.4) is 0 Å². The van der Waals surface area contributed by atoms with Gasteiger partial charge in [-0.3, -0.25) is 4.90 Å². The molecular formula is C16H26N2O2. The van der Waals surface area contributed by atoms with E-state index in [2.05, 4.69) is 24.1 Å². The quantitative estimate of drug-likeness (QED) is 0.775. The minimum atomic E-state index is 0.0149. The van der Waals surface area contributed by atoms with Crippen molar-refractivity contribution in [2.45, 2.75) is 45.2 Å². The van der Waals surface area contributed by atoms with Crippen molar-refractivity contribution in [3.63, 3.8) is 0 Å². The zero-order chi connectivity index (χ0) is 14.5. The summed E-state index contributed by atoms with van der Waals surface area (Å²) in [6.07, 6.45) is 3.42. The second-order valence-corrected chi connectivity index (χ2v) is 5.62. The Hall–Kier alpha value is -1.26. The molecular weight excluding hydrogens is 252 g/mol. The SMILES string of the molecule is CCCN(C1CCCNC1)C(C)c1c(O)cccc1O. The lowest BCUT2D eigenvalue weighted by molar-refractivity contribution is 0.117. The monoisotopic (exact) mass is 278 g/mol. The van der Waals surface area contributed by atoms with Crippen molar-refractivity contribution in [2.75, 3.05) is 19.6 Å². The van der Waals surface area contributed by atoms with Crippen molar-refractivity contribution < 1.29 is 10.2 Å². The molecule has 2 unspecified atom stereocenters. The van der Waals surface area contributed by atoms with Crippen LogP contribution in [0.25, 0.3) is 0 Å². The number of benzene rings is 1. The topological polar surface area (TPSA) is 55.7 Å². The van der Waals surface area contributed by atoms with E-state index < -0.39 is 0 Å². The van der Waals surface area contributed by atoms with Crippen LogP contribution in [0.2, 0.25) is 0 Å². The number of piperidine rings is 1. The van der Waals surface area contributed by atoms with Gasteiger partial charge in [0.15, 0.2) is 0 Å². The summed E-state index contributed by atoms with van der Waals surface area (Å²) in [5.74, 6) is 0.366. The molecule has 1 heterocycles. The first kappa shape index (κ1) is 15.1. The largest absolute Gasteiger partial charge is 0.507 e. The van der Waals surface area contributed by atoms with E-state index in [1.165, 1.54) is 12.8 Å². The fourth-order valence-corrected chi connectivity index (χ4v) is 3.20. The van der Waals surface area contributed by atoms with Gasteiger partial charge in [-0.15, -0.1) is 0 Å². The number of rotatable bonds is 5. The summed E-state index contributed by atoms with van der Waals surface area (Å²) in [6.45, 7) is 7.28. The number of hydrogen-bond acceptors (Lipinski definition) is 4. The predicted octanol–water partition coefficient (Wildman–Crippen LogP) is 2.62. The molecule has 0 bridgehead atoms. The summed E-state index contributed by atoms with van der Waals surface area (Å²) in [5, 5.41) is 23.6. The predicted molar refractivity (Wildman–Crippen MR) is 81.1 cm³/mol. The molecule has 1 fully saturated rings. The van der Waals surface area contributed by atoms with E-state index in [0.717, 1.165) is 26.1 Å². The molecule has 1 aliphatic rings. The van der Waals surface area contributed by atoms with E-state index in [0.29, 0.717) is 11.6 Å². The zero-order valence-corrected chi connectivity index (χ0v) is 12.5. The van der Waals surface area contributed by atoms with E-state index in [1.807, 2.05) is 0 Å². The summed E-state index contributed by atoms with van der Waals surface area (Å²) in [6, 6.07) is 5.45. The van der Waals surface area contributed by atoms with Gasteiger partial charge in [0.1, 0.15) is 11.5 Å². The Morgan fingerprint density at radius 2 is 2.05 bits per heavy atom. The van der Waals surface area contributed by atoms with Gasteiger partial charge in [0.25, 0.3) is 0 Å². The van der Waals surface area contributed by atoms with Gasteiger partial charge in [-0.2, -0.15) is 0 Å². The molecule has 1 aromatic rings. The maximum atomic E-state index is 10.1. The molecule has 0 aliphatic carbocycles. The molecule has 2 atom stereocenters. The van der Waals surface area contributed by atoms with E-state index in [9.17, 15) is 10.2 Å². The number of nitrogens with one attached hydrogen (secondary N) is 1. The van der Waals surface area contributed by atoms with Crippen molar-refractivity contribution in [1.29, 1.82) is 0 Å². The van der Waals surface area contributed by atoms with Gasteiger partial charge in [0.2, 0.25) is 0 Å². The van der Waals surface area contributed by atoms with Gasteiger partial charge >= 0.3 is 0 Å². The molecule has 0 aromatic heterocycles. The summed E-state index contributed by atoms with van der Waals surface area (Å²) < 4.78 is 0. The smallest absolute Gasteiger partial charge is 0.124 e. The molecule has 1 aromatic carbocycles. The van der Waals surface area contributed by atoms with Gasteiger partial charge in [0.05, 0.1) is 5.56 Å². The third-order valence-electron chi connectivity index (χ3n) is 4.20. The number of phenols is 2. The molecule has 1 aliphatic heterocycles. The van der Waals surface area contributed by atoms with Crippen molar-refractivity contribution in [3.05, 3.63) is 23.8 Å². The second-order valence-electron chi connectivity index (χ2n) is 5.62. The van der Waals surface area contributed by atoms with Crippen LogP contribution in [0.5, 0.6) is 11.5 Å². The first-order valence-electron chi connectivity index (χ1n) is 7.62. The third kappa shape index (κ3) is 3.25. The lowest BCUT2D eigenvalue weighted by atomic mass is 9.98. The molecule has 0 radical (unpaired) electrons. The third-order valence-corrected chi connectivity index (χ3v) is 4.20. The standard InChI is InChI=1S/C16H26N2O2/c1-3-10-18(13-6-5-9-17-11-13)12(2)16-14(19)7-4-8-15(16)20/h4,7-8,12-13,17,19-20H,3,5-6,9-11H2,1-2H3. The van der Waals surface area contributed by atoms with E-state index in [4.69, 9.17) is 0 Å².